The number of rotatable bonds is 12. The molecule has 240 valence electrons. The summed E-state index contributed by atoms with van der Waals surface area (Å²) in [5.74, 6) is -2.71. The number of anilines is 1. The van der Waals surface area contributed by atoms with Crippen LogP contribution in [0.3, 0.4) is 0 Å². The number of carbonyl (C=O) groups excluding carboxylic acids is 2. The summed E-state index contributed by atoms with van der Waals surface area (Å²) in [4.78, 5) is 36.6. The van der Waals surface area contributed by atoms with Gasteiger partial charge in [-0.05, 0) is 77.3 Å². The molecule has 12 heteroatoms. The Morgan fingerprint density at radius 1 is 1.00 bits per heavy atom. The minimum Gasteiger partial charge on any atom is -0.612 e. The number of hydrogen-bond acceptors (Lipinski definition) is 5. The van der Waals surface area contributed by atoms with E-state index in [4.69, 9.17) is 5.11 Å². The van der Waals surface area contributed by atoms with Gasteiger partial charge in [-0.3, -0.25) is 14.4 Å². The second-order valence-corrected chi connectivity index (χ2v) is 12.4. The van der Waals surface area contributed by atoms with Crippen LogP contribution in [-0.4, -0.2) is 46.6 Å². The molecular formula is C33H35F3N2O6S. The lowest BCUT2D eigenvalue weighted by Crippen LogP contribution is -2.26. The number of hydrogen-bond donors (Lipinski definition) is 3. The van der Waals surface area contributed by atoms with E-state index in [-0.39, 0.29) is 30.0 Å². The first-order valence-electron chi connectivity index (χ1n) is 14.6. The van der Waals surface area contributed by atoms with Crippen LogP contribution in [0.25, 0.3) is 0 Å². The predicted octanol–water partition coefficient (Wildman–Crippen LogP) is 6.54. The number of nitrogens with one attached hydrogen (secondary N) is 2. The van der Waals surface area contributed by atoms with Crippen molar-refractivity contribution in [2.24, 2.45) is 0 Å². The SMILES string of the molecule is C[S+]([O-])c1cc(NC(=O)C(Cc2ccc(C(=O)NCCC(=O)O)cc2)c2ccc(C3CCCCC3)cc2)ccc1OC(F)(F)F. The highest BCUT2D eigenvalue weighted by molar-refractivity contribution is 7.90. The van der Waals surface area contributed by atoms with Gasteiger partial charge in [0.05, 0.1) is 12.3 Å². The van der Waals surface area contributed by atoms with E-state index >= 15 is 0 Å². The molecule has 0 bridgehead atoms. The van der Waals surface area contributed by atoms with E-state index < -0.39 is 47.0 Å². The standard InChI is InChI=1S/C33H35F3N2O6S/c1-45(43)29-20-26(15-16-28(29)44-33(34,35)36)38-32(42)27(24-13-11-23(12-14-24)22-5-3-2-4-6-22)19-21-7-9-25(10-8-21)31(41)37-18-17-30(39)40/h7-16,20,22,27H,2-6,17-19H2,1H3,(H,37,41)(H,38,42)(H,39,40). The summed E-state index contributed by atoms with van der Waals surface area (Å²) in [6.07, 6.45) is 2.13. The second kappa shape index (κ2) is 15.3. The third-order valence-corrected chi connectivity index (χ3v) is 8.70. The number of aliphatic carboxylic acids is 1. The van der Waals surface area contributed by atoms with Crippen LogP contribution in [0, 0.1) is 0 Å². The van der Waals surface area contributed by atoms with Crippen LogP contribution < -0.4 is 15.4 Å². The first kappa shape index (κ1) is 33.9. The molecule has 2 unspecified atom stereocenters. The molecule has 0 saturated heterocycles. The molecule has 0 radical (unpaired) electrons. The number of alkyl halides is 3. The van der Waals surface area contributed by atoms with Gasteiger partial charge in [0.15, 0.2) is 10.6 Å². The number of carboxylic acid groups (broad SMARTS) is 1. The summed E-state index contributed by atoms with van der Waals surface area (Å²) in [6, 6.07) is 18.0. The molecule has 0 aromatic heterocycles. The highest BCUT2D eigenvalue weighted by Crippen LogP contribution is 2.35. The number of halogens is 3. The van der Waals surface area contributed by atoms with E-state index in [1.54, 1.807) is 24.3 Å². The summed E-state index contributed by atoms with van der Waals surface area (Å²) in [7, 11) is 0. The number of benzene rings is 3. The van der Waals surface area contributed by atoms with Crippen molar-refractivity contribution in [1.29, 1.82) is 0 Å². The largest absolute Gasteiger partial charge is 0.612 e. The number of carboxylic acids is 1. The van der Waals surface area contributed by atoms with Gasteiger partial charge in [-0.2, -0.15) is 0 Å². The topological polar surface area (TPSA) is 128 Å². The molecule has 8 nitrogen and oxygen atoms in total. The van der Waals surface area contributed by atoms with Crippen LogP contribution in [0.2, 0.25) is 0 Å². The van der Waals surface area contributed by atoms with E-state index in [0.29, 0.717) is 11.5 Å². The van der Waals surface area contributed by atoms with Crippen LogP contribution in [0.1, 0.15) is 77.4 Å². The molecule has 1 aliphatic carbocycles. The Morgan fingerprint density at radius 3 is 2.27 bits per heavy atom. The summed E-state index contributed by atoms with van der Waals surface area (Å²) in [6.45, 7) is -0.00827. The Balaban J connectivity index is 1.57. The molecule has 0 heterocycles. The smallest absolute Gasteiger partial charge is 0.573 e. The fourth-order valence-electron chi connectivity index (χ4n) is 5.46. The van der Waals surface area contributed by atoms with Crippen molar-refractivity contribution in [2.75, 3.05) is 18.1 Å². The molecule has 3 aromatic rings. The normalized spacial score (nSPS) is 15.1. The summed E-state index contributed by atoms with van der Waals surface area (Å²) >= 11 is -1.83. The lowest BCUT2D eigenvalue weighted by Gasteiger charge is -2.23. The van der Waals surface area contributed by atoms with E-state index in [2.05, 4.69) is 15.4 Å². The quantitative estimate of drug-likeness (QED) is 0.192. The Kier molecular flexibility index (Phi) is 11.5. The Bertz CT molecular complexity index is 1470. The fourth-order valence-corrected chi connectivity index (χ4v) is 6.15. The summed E-state index contributed by atoms with van der Waals surface area (Å²) < 4.78 is 54.8. The molecule has 0 aliphatic heterocycles. The molecule has 1 fully saturated rings. The Labute approximate surface area is 262 Å². The van der Waals surface area contributed by atoms with Crippen molar-refractivity contribution in [2.45, 2.75) is 68.0 Å². The first-order chi connectivity index (χ1) is 21.4. The van der Waals surface area contributed by atoms with Crippen molar-refractivity contribution in [3.05, 3.63) is 89.0 Å². The Hall–Kier alpha value is -4.03. The van der Waals surface area contributed by atoms with E-state index in [1.165, 1.54) is 43.2 Å². The third kappa shape index (κ3) is 9.98. The number of amides is 2. The number of carbonyl (C=O) groups is 3. The van der Waals surface area contributed by atoms with Gasteiger partial charge in [0.1, 0.15) is 6.26 Å². The zero-order valence-electron chi connectivity index (χ0n) is 24.7. The molecule has 45 heavy (non-hydrogen) atoms. The lowest BCUT2D eigenvalue weighted by molar-refractivity contribution is -0.275. The molecule has 4 rings (SSSR count). The molecule has 0 spiro atoms. The van der Waals surface area contributed by atoms with Crippen molar-refractivity contribution in [3.63, 3.8) is 0 Å². The highest BCUT2D eigenvalue weighted by atomic mass is 32.2. The van der Waals surface area contributed by atoms with Crippen LogP contribution in [-0.2, 0) is 27.2 Å². The molecule has 1 aliphatic rings. The second-order valence-electron chi connectivity index (χ2n) is 11.0. The maximum Gasteiger partial charge on any atom is 0.573 e. The van der Waals surface area contributed by atoms with Crippen LogP contribution in [0.4, 0.5) is 18.9 Å². The third-order valence-electron chi connectivity index (χ3n) is 7.76. The van der Waals surface area contributed by atoms with Gasteiger partial charge >= 0.3 is 12.3 Å². The molecular weight excluding hydrogens is 609 g/mol. The molecule has 3 N–H and O–H groups in total. The lowest BCUT2D eigenvalue weighted by atomic mass is 9.83. The summed E-state index contributed by atoms with van der Waals surface area (Å²) in [5.41, 5.74) is 3.20. The van der Waals surface area contributed by atoms with Crippen LogP contribution in [0.5, 0.6) is 5.75 Å². The Morgan fingerprint density at radius 2 is 1.67 bits per heavy atom. The van der Waals surface area contributed by atoms with Gasteiger partial charge in [-0.1, -0.05) is 55.7 Å². The van der Waals surface area contributed by atoms with Crippen molar-refractivity contribution in [1.82, 2.24) is 5.32 Å². The van der Waals surface area contributed by atoms with Crippen LogP contribution in [0.15, 0.2) is 71.6 Å². The van der Waals surface area contributed by atoms with E-state index in [0.717, 1.165) is 30.0 Å². The van der Waals surface area contributed by atoms with E-state index in [9.17, 15) is 32.1 Å². The first-order valence-corrected chi connectivity index (χ1v) is 16.2. The minimum atomic E-state index is -4.97. The van der Waals surface area contributed by atoms with Crippen molar-refractivity contribution >= 4 is 34.6 Å². The maximum absolute atomic E-state index is 13.7. The van der Waals surface area contributed by atoms with Gasteiger partial charge in [0.2, 0.25) is 5.91 Å². The minimum absolute atomic E-state index is 0.00827. The molecule has 2 amide bonds. The zero-order chi connectivity index (χ0) is 32.6. The van der Waals surface area contributed by atoms with Gasteiger partial charge in [0, 0.05) is 23.9 Å². The number of ether oxygens (including phenoxy) is 1. The average Bonchev–Trinajstić information content (AvgIpc) is 3.00. The van der Waals surface area contributed by atoms with Gasteiger partial charge < -0.3 is 25.0 Å². The summed E-state index contributed by atoms with van der Waals surface area (Å²) in [5, 5.41) is 14.1. The van der Waals surface area contributed by atoms with Crippen molar-refractivity contribution < 1.29 is 42.0 Å². The predicted molar refractivity (Wildman–Crippen MR) is 164 cm³/mol. The van der Waals surface area contributed by atoms with E-state index in [1.807, 2.05) is 24.3 Å². The van der Waals surface area contributed by atoms with Crippen LogP contribution >= 0.6 is 0 Å². The fraction of sp³-hybridized carbons (Fsp3) is 0.364. The zero-order valence-corrected chi connectivity index (χ0v) is 25.5. The molecule has 3 aromatic carbocycles. The maximum atomic E-state index is 13.7. The van der Waals surface area contributed by atoms with Gasteiger partial charge in [0.25, 0.3) is 5.91 Å². The van der Waals surface area contributed by atoms with Gasteiger partial charge in [-0.15, -0.1) is 13.2 Å². The average molecular weight is 645 g/mol. The highest BCUT2D eigenvalue weighted by Gasteiger charge is 2.34. The van der Waals surface area contributed by atoms with Gasteiger partial charge in [-0.25, -0.2) is 0 Å². The monoisotopic (exact) mass is 644 g/mol. The molecule has 1 saturated carbocycles. The molecule has 2 atom stereocenters. The van der Waals surface area contributed by atoms with Crippen molar-refractivity contribution in [3.8, 4) is 5.75 Å².